The standard InChI is InChI=1S/C9H17NO/c1-4-5-10-6-8(2)11-9(3)7-10/h4,8-9H,1,5-7H2,2-3H3/t8-,9-/m0/s1. The molecule has 1 saturated heterocycles. The van der Waals surface area contributed by atoms with Crippen LogP contribution in [-0.4, -0.2) is 36.7 Å². The highest BCUT2D eigenvalue weighted by molar-refractivity contribution is 4.79. The van der Waals surface area contributed by atoms with Crippen LogP contribution in [0, 0.1) is 0 Å². The van der Waals surface area contributed by atoms with Crippen molar-refractivity contribution >= 4 is 0 Å². The molecule has 0 spiro atoms. The van der Waals surface area contributed by atoms with Gasteiger partial charge in [0.05, 0.1) is 12.2 Å². The Kier molecular flexibility index (Phi) is 3.09. The van der Waals surface area contributed by atoms with E-state index in [9.17, 15) is 0 Å². The average molecular weight is 155 g/mol. The molecule has 0 N–H and O–H groups in total. The minimum atomic E-state index is 0.374. The number of rotatable bonds is 2. The molecule has 0 unspecified atom stereocenters. The third-order valence-electron chi connectivity index (χ3n) is 1.88. The number of nitrogens with zero attached hydrogens (tertiary/aromatic N) is 1. The van der Waals surface area contributed by atoms with Gasteiger partial charge in [-0.3, -0.25) is 4.90 Å². The Hall–Kier alpha value is -0.340. The molecule has 2 heteroatoms. The second-order valence-corrected chi connectivity index (χ2v) is 3.26. The molecular weight excluding hydrogens is 138 g/mol. The average Bonchev–Trinajstić information content (AvgIpc) is 1.85. The summed E-state index contributed by atoms with van der Waals surface area (Å²) in [6.45, 7) is 11.0. The molecule has 1 fully saturated rings. The summed E-state index contributed by atoms with van der Waals surface area (Å²) < 4.78 is 5.59. The molecular formula is C9H17NO. The summed E-state index contributed by atoms with van der Waals surface area (Å²) in [6.07, 6.45) is 2.70. The largest absolute Gasteiger partial charge is 0.373 e. The van der Waals surface area contributed by atoms with Gasteiger partial charge in [-0.1, -0.05) is 6.08 Å². The van der Waals surface area contributed by atoms with Crippen molar-refractivity contribution < 1.29 is 4.74 Å². The van der Waals surface area contributed by atoms with Gasteiger partial charge in [0.15, 0.2) is 0 Å². The summed E-state index contributed by atoms with van der Waals surface area (Å²) >= 11 is 0. The van der Waals surface area contributed by atoms with Crippen molar-refractivity contribution in [1.29, 1.82) is 0 Å². The monoisotopic (exact) mass is 155 g/mol. The molecule has 1 rings (SSSR count). The van der Waals surface area contributed by atoms with Crippen molar-refractivity contribution in [2.24, 2.45) is 0 Å². The third-order valence-corrected chi connectivity index (χ3v) is 1.88. The van der Waals surface area contributed by atoms with E-state index in [1.807, 2.05) is 6.08 Å². The fraction of sp³-hybridized carbons (Fsp3) is 0.778. The van der Waals surface area contributed by atoms with Crippen molar-refractivity contribution in [3.8, 4) is 0 Å². The van der Waals surface area contributed by atoms with Gasteiger partial charge in [-0.2, -0.15) is 0 Å². The van der Waals surface area contributed by atoms with Gasteiger partial charge in [0.2, 0.25) is 0 Å². The lowest BCUT2D eigenvalue weighted by Crippen LogP contribution is -2.45. The van der Waals surface area contributed by atoms with Crippen LogP contribution in [-0.2, 0) is 4.74 Å². The minimum absolute atomic E-state index is 0.374. The van der Waals surface area contributed by atoms with Gasteiger partial charge in [-0.05, 0) is 13.8 Å². The summed E-state index contributed by atoms with van der Waals surface area (Å²) in [5.41, 5.74) is 0. The van der Waals surface area contributed by atoms with E-state index in [1.54, 1.807) is 0 Å². The van der Waals surface area contributed by atoms with Crippen molar-refractivity contribution in [3.63, 3.8) is 0 Å². The first-order valence-corrected chi connectivity index (χ1v) is 4.21. The third kappa shape index (κ3) is 2.64. The topological polar surface area (TPSA) is 12.5 Å². The normalized spacial score (nSPS) is 33.6. The molecule has 1 heterocycles. The van der Waals surface area contributed by atoms with Crippen LogP contribution in [0.3, 0.4) is 0 Å². The Morgan fingerprint density at radius 2 is 2.00 bits per heavy atom. The molecule has 0 saturated carbocycles. The van der Waals surface area contributed by atoms with Crippen LogP contribution in [0.15, 0.2) is 12.7 Å². The Bertz CT molecular complexity index is 126. The van der Waals surface area contributed by atoms with E-state index in [4.69, 9.17) is 4.74 Å². The van der Waals surface area contributed by atoms with Crippen molar-refractivity contribution in [2.45, 2.75) is 26.1 Å². The summed E-state index contributed by atoms with van der Waals surface area (Å²) in [4.78, 5) is 2.37. The fourth-order valence-electron chi connectivity index (χ4n) is 1.62. The number of morpholine rings is 1. The molecule has 0 amide bonds. The molecule has 0 aromatic carbocycles. The predicted molar refractivity (Wildman–Crippen MR) is 46.6 cm³/mol. The highest BCUT2D eigenvalue weighted by Crippen LogP contribution is 2.09. The molecule has 0 aromatic rings. The molecule has 2 atom stereocenters. The van der Waals surface area contributed by atoms with Gasteiger partial charge in [-0.15, -0.1) is 6.58 Å². The molecule has 11 heavy (non-hydrogen) atoms. The molecule has 0 aliphatic carbocycles. The van der Waals surface area contributed by atoms with Gasteiger partial charge in [0, 0.05) is 19.6 Å². The van der Waals surface area contributed by atoms with Crippen LogP contribution in [0.25, 0.3) is 0 Å². The molecule has 64 valence electrons. The van der Waals surface area contributed by atoms with Crippen LogP contribution in [0.5, 0.6) is 0 Å². The molecule has 0 radical (unpaired) electrons. The SMILES string of the molecule is C=CCN1C[C@H](C)O[C@@H](C)C1. The van der Waals surface area contributed by atoms with Crippen LogP contribution >= 0.6 is 0 Å². The summed E-state index contributed by atoms with van der Waals surface area (Å²) in [5.74, 6) is 0. The Labute approximate surface area is 68.8 Å². The highest BCUT2D eigenvalue weighted by atomic mass is 16.5. The quantitative estimate of drug-likeness (QED) is 0.557. The Morgan fingerprint density at radius 3 is 2.45 bits per heavy atom. The maximum absolute atomic E-state index is 5.59. The van der Waals surface area contributed by atoms with Crippen LogP contribution in [0.4, 0.5) is 0 Å². The smallest absolute Gasteiger partial charge is 0.0678 e. The first kappa shape index (κ1) is 8.75. The molecule has 0 bridgehead atoms. The highest BCUT2D eigenvalue weighted by Gasteiger charge is 2.20. The molecule has 2 nitrogen and oxygen atoms in total. The Balaban J connectivity index is 2.36. The lowest BCUT2D eigenvalue weighted by Gasteiger charge is -2.34. The van der Waals surface area contributed by atoms with E-state index in [-0.39, 0.29) is 0 Å². The van der Waals surface area contributed by atoms with Crippen LogP contribution in [0.1, 0.15) is 13.8 Å². The Morgan fingerprint density at radius 1 is 1.45 bits per heavy atom. The minimum Gasteiger partial charge on any atom is -0.373 e. The zero-order chi connectivity index (χ0) is 8.27. The molecule has 1 aliphatic rings. The van der Waals surface area contributed by atoms with E-state index in [1.165, 1.54) is 0 Å². The van der Waals surface area contributed by atoms with E-state index in [0.29, 0.717) is 12.2 Å². The maximum atomic E-state index is 5.59. The maximum Gasteiger partial charge on any atom is 0.0678 e. The second-order valence-electron chi connectivity index (χ2n) is 3.26. The first-order chi connectivity index (χ1) is 5.22. The number of ether oxygens (including phenoxy) is 1. The van der Waals surface area contributed by atoms with Crippen LogP contribution in [0.2, 0.25) is 0 Å². The molecule has 1 aliphatic heterocycles. The lowest BCUT2D eigenvalue weighted by molar-refractivity contribution is -0.0646. The van der Waals surface area contributed by atoms with Gasteiger partial charge in [0.1, 0.15) is 0 Å². The van der Waals surface area contributed by atoms with Crippen molar-refractivity contribution in [3.05, 3.63) is 12.7 Å². The summed E-state index contributed by atoms with van der Waals surface area (Å²) in [6, 6.07) is 0. The van der Waals surface area contributed by atoms with Gasteiger partial charge < -0.3 is 4.74 Å². The van der Waals surface area contributed by atoms with Crippen molar-refractivity contribution in [2.75, 3.05) is 19.6 Å². The zero-order valence-corrected chi connectivity index (χ0v) is 7.42. The molecule has 0 aromatic heterocycles. The van der Waals surface area contributed by atoms with E-state index in [2.05, 4.69) is 25.3 Å². The van der Waals surface area contributed by atoms with Gasteiger partial charge >= 0.3 is 0 Å². The summed E-state index contributed by atoms with van der Waals surface area (Å²) in [7, 11) is 0. The fourth-order valence-corrected chi connectivity index (χ4v) is 1.62. The van der Waals surface area contributed by atoms with Gasteiger partial charge in [0.25, 0.3) is 0 Å². The lowest BCUT2D eigenvalue weighted by atomic mass is 10.2. The van der Waals surface area contributed by atoms with E-state index >= 15 is 0 Å². The van der Waals surface area contributed by atoms with E-state index < -0.39 is 0 Å². The zero-order valence-electron chi connectivity index (χ0n) is 7.42. The van der Waals surface area contributed by atoms with Gasteiger partial charge in [-0.25, -0.2) is 0 Å². The predicted octanol–water partition coefficient (Wildman–Crippen LogP) is 1.28. The van der Waals surface area contributed by atoms with E-state index in [0.717, 1.165) is 19.6 Å². The summed E-state index contributed by atoms with van der Waals surface area (Å²) in [5, 5.41) is 0. The van der Waals surface area contributed by atoms with Crippen molar-refractivity contribution in [1.82, 2.24) is 4.90 Å². The first-order valence-electron chi connectivity index (χ1n) is 4.21. The number of hydrogen-bond donors (Lipinski definition) is 0. The number of hydrogen-bond acceptors (Lipinski definition) is 2. The second kappa shape index (κ2) is 3.88. The van der Waals surface area contributed by atoms with Crippen LogP contribution < -0.4 is 0 Å².